The second kappa shape index (κ2) is 6.48. The molecule has 20 heavy (non-hydrogen) atoms. The predicted molar refractivity (Wildman–Crippen MR) is 87.8 cm³/mol. The zero-order chi connectivity index (χ0) is 14.8. The fourth-order valence-corrected chi connectivity index (χ4v) is 3.63. The maximum Gasteiger partial charge on any atom is 0.252 e. The highest BCUT2D eigenvalue weighted by molar-refractivity contribution is 9.09. The van der Waals surface area contributed by atoms with E-state index in [1.807, 2.05) is 19.1 Å². The summed E-state index contributed by atoms with van der Waals surface area (Å²) < 4.78 is 0. The summed E-state index contributed by atoms with van der Waals surface area (Å²) >= 11 is 9.58. The summed E-state index contributed by atoms with van der Waals surface area (Å²) in [6, 6.07) is 5.46. The van der Waals surface area contributed by atoms with Gasteiger partial charge in [0.25, 0.3) is 5.91 Å². The highest BCUT2D eigenvalue weighted by Gasteiger charge is 2.35. The van der Waals surface area contributed by atoms with Crippen molar-refractivity contribution in [3.63, 3.8) is 0 Å². The van der Waals surface area contributed by atoms with Gasteiger partial charge in [-0.25, -0.2) is 0 Å². The molecule has 0 atom stereocenters. The normalized spacial score (nSPS) is 26.3. The number of carbonyl (C=O) groups excluding carboxylic acids is 1. The number of rotatable bonds is 3. The number of alkyl halides is 1. The number of halogens is 2. The van der Waals surface area contributed by atoms with Crippen molar-refractivity contribution < 1.29 is 4.79 Å². The Morgan fingerprint density at radius 1 is 1.45 bits per heavy atom. The molecule has 1 aliphatic rings. The SMILES string of the molecule is Cc1ccc(Cl)cc1C(=O)NC1(CBr)CCC(C)CC1. The molecule has 110 valence electrons. The predicted octanol–water partition coefficient (Wildman–Crippen LogP) is 4.72. The van der Waals surface area contributed by atoms with Crippen LogP contribution in [0, 0.1) is 12.8 Å². The van der Waals surface area contributed by atoms with Crippen molar-refractivity contribution in [2.75, 3.05) is 5.33 Å². The van der Waals surface area contributed by atoms with E-state index in [1.165, 1.54) is 12.8 Å². The minimum absolute atomic E-state index is 0.0148. The molecule has 1 fully saturated rings. The van der Waals surface area contributed by atoms with Crippen LogP contribution in [0.4, 0.5) is 0 Å². The maximum atomic E-state index is 12.5. The fraction of sp³-hybridized carbons (Fsp3) is 0.562. The number of aryl methyl sites for hydroxylation is 1. The average Bonchev–Trinajstić information content (AvgIpc) is 2.44. The first kappa shape index (κ1) is 15.8. The number of carbonyl (C=O) groups is 1. The van der Waals surface area contributed by atoms with E-state index in [0.29, 0.717) is 10.6 Å². The molecule has 1 amide bonds. The Balaban J connectivity index is 2.15. The number of benzene rings is 1. The fourth-order valence-electron chi connectivity index (χ4n) is 2.75. The number of hydrogen-bond donors (Lipinski definition) is 1. The van der Waals surface area contributed by atoms with Gasteiger partial charge in [0.15, 0.2) is 0 Å². The van der Waals surface area contributed by atoms with Crippen molar-refractivity contribution >= 4 is 33.4 Å². The molecule has 1 N–H and O–H groups in total. The van der Waals surface area contributed by atoms with E-state index in [-0.39, 0.29) is 11.4 Å². The van der Waals surface area contributed by atoms with Gasteiger partial charge in [0.2, 0.25) is 0 Å². The van der Waals surface area contributed by atoms with Crippen LogP contribution in [-0.2, 0) is 0 Å². The molecule has 2 nitrogen and oxygen atoms in total. The lowest BCUT2D eigenvalue weighted by Gasteiger charge is -2.39. The Kier molecular flexibility index (Phi) is 5.14. The van der Waals surface area contributed by atoms with Gasteiger partial charge in [-0.15, -0.1) is 0 Å². The van der Waals surface area contributed by atoms with Crippen LogP contribution in [0.3, 0.4) is 0 Å². The summed E-state index contributed by atoms with van der Waals surface area (Å²) in [4.78, 5) is 12.5. The van der Waals surface area contributed by atoms with Crippen molar-refractivity contribution in [1.29, 1.82) is 0 Å². The Labute approximate surface area is 134 Å². The molecule has 0 heterocycles. The average molecular weight is 359 g/mol. The van der Waals surface area contributed by atoms with Gasteiger partial charge in [-0.1, -0.05) is 40.5 Å². The van der Waals surface area contributed by atoms with Crippen LogP contribution in [-0.4, -0.2) is 16.8 Å². The second-order valence-corrected chi connectivity index (χ2v) is 7.01. The second-order valence-electron chi connectivity index (χ2n) is 6.01. The van der Waals surface area contributed by atoms with E-state index < -0.39 is 0 Å². The van der Waals surface area contributed by atoms with E-state index >= 15 is 0 Å². The third-order valence-electron chi connectivity index (χ3n) is 4.31. The lowest BCUT2D eigenvalue weighted by Crippen LogP contribution is -2.52. The van der Waals surface area contributed by atoms with Gasteiger partial charge < -0.3 is 5.32 Å². The van der Waals surface area contributed by atoms with Gasteiger partial charge in [0, 0.05) is 15.9 Å². The Bertz CT molecular complexity index is 495. The molecule has 0 saturated heterocycles. The molecule has 0 bridgehead atoms. The summed E-state index contributed by atoms with van der Waals surface area (Å²) in [7, 11) is 0. The summed E-state index contributed by atoms with van der Waals surface area (Å²) in [5.41, 5.74) is 1.52. The number of amides is 1. The van der Waals surface area contributed by atoms with Crippen LogP contribution in [0.5, 0.6) is 0 Å². The van der Waals surface area contributed by atoms with Crippen LogP contribution in [0.15, 0.2) is 18.2 Å². The van der Waals surface area contributed by atoms with Crippen LogP contribution in [0.25, 0.3) is 0 Å². The molecule has 1 aromatic carbocycles. The minimum atomic E-state index is -0.113. The van der Waals surface area contributed by atoms with E-state index in [4.69, 9.17) is 11.6 Å². The zero-order valence-electron chi connectivity index (χ0n) is 12.0. The third-order valence-corrected chi connectivity index (χ3v) is 5.62. The summed E-state index contributed by atoms with van der Waals surface area (Å²) in [5.74, 6) is 0.742. The quantitative estimate of drug-likeness (QED) is 0.778. The largest absolute Gasteiger partial charge is 0.346 e. The number of nitrogens with one attached hydrogen (secondary N) is 1. The monoisotopic (exact) mass is 357 g/mol. The Hall–Kier alpha value is -0.540. The van der Waals surface area contributed by atoms with E-state index in [9.17, 15) is 4.79 Å². The van der Waals surface area contributed by atoms with E-state index in [0.717, 1.165) is 29.7 Å². The highest BCUT2D eigenvalue weighted by Crippen LogP contribution is 2.33. The molecule has 4 heteroatoms. The molecule has 1 aromatic rings. The summed E-state index contributed by atoms with van der Waals surface area (Å²) in [5, 5.41) is 4.65. The molecule has 1 aliphatic carbocycles. The molecular weight excluding hydrogens is 338 g/mol. The molecule has 0 spiro atoms. The Morgan fingerprint density at radius 2 is 2.10 bits per heavy atom. The molecule has 0 unspecified atom stereocenters. The van der Waals surface area contributed by atoms with Gasteiger partial charge >= 0.3 is 0 Å². The van der Waals surface area contributed by atoms with Crippen LogP contribution in [0.2, 0.25) is 5.02 Å². The first-order valence-corrected chi connectivity index (χ1v) is 8.60. The van der Waals surface area contributed by atoms with Crippen molar-refractivity contribution in [1.82, 2.24) is 5.32 Å². The van der Waals surface area contributed by atoms with E-state index in [1.54, 1.807) is 6.07 Å². The van der Waals surface area contributed by atoms with Crippen molar-refractivity contribution in [3.8, 4) is 0 Å². The molecule has 0 radical (unpaired) electrons. The molecule has 0 aliphatic heterocycles. The Morgan fingerprint density at radius 3 is 2.70 bits per heavy atom. The van der Waals surface area contributed by atoms with Crippen molar-refractivity contribution in [2.24, 2.45) is 5.92 Å². The third kappa shape index (κ3) is 3.56. The topological polar surface area (TPSA) is 29.1 Å². The van der Waals surface area contributed by atoms with Crippen LogP contribution >= 0.6 is 27.5 Å². The smallest absolute Gasteiger partial charge is 0.252 e. The van der Waals surface area contributed by atoms with Gasteiger partial charge in [-0.2, -0.15) is 0 Å². The standard InChI is InChI=1S/C16H21BrClNO/c1-11-5-7-16(10-17,8-6-11)19-15(20)14-9-13(18)4-3-12(14)2/h3-4,9,11H,5-8,10H2,1-2H3,(H,19,20). The van der Waals surface area contributed by atoms with Crippen LogP contribution < -0.4 is 5.32 Å². The first-order chi connectivity index (χ1) is 9.46. The number of hydrogen-bond acceptors (Lipinski definition) is 1. The first-order valence-electron chi connectivity index (χ1n) is 7.10. The van der Waals surface area contributed by atoms with Gasteiger partial charge in [0.05, 0.1) is 5.54 Å². The minimum Gasteiger partial charge on any atom is -0.346 e. The molecule has 0 aromatic heterocycles. The van der Waals surface area contributed by atoms with Crippen molar-refractivity contribution in [3.05, 3.63) is 34.3 Å². The molecule has 1 saturated carbocycles. The lowest BCUT2D eigenvalue weighted by molar-refractivity contribution is 0.0874. The zero-order valence-corrected chi connectivity index (χ0v) is 14.4. The summed E-state index contributed by atoms with van der Waals surface area (Å²) in [6.45, 7) is 4.22. The molecule has 2 rings (SSSR count). The van der Waals surface area contributed by atoms with E-state index in [2.05, 4.69) is 28.2 Å². The summed E-state index contributed by atoms with van der Waals surface area (Å²) in [6.07, 6.45) is 4.40. The van der Waals surface area contributed by atoms with Crippen LogP contribution in [0.1, 0.15) is 48.5 Å². The highest BCUT2D eigenvalue weighted by atomic mass is 79.9. The lowest BCUT2D eigenvalue weighted by atomic mass is 9.78. The van der Waals surface area contributed by atoms with Gasteiger partial charge in [-0.3, -0.25) is 4.79 Å². The molecular formula is C16H21BrClNO. The van der Waals surface area contributed by atoms with Crippen molar-refractivity contribution in [2.45, 2.75) is 45.1 Å². The van der Waals surface area contributed by atoms with Gasteiger partial charge in [0.1, 0.15) is 0 Å². The van der Waals surface area contributed by atoms with Gasteiger partial charge in [-0.05, 0) is 56.2 Å². The maximum absolute atomic E-state index is 12.5.